The molecular formula is C16H21N3O3. The third-order valence-electron chi connectivity index (χ3n) is 3.75. The third kappa shape index (κ3) is 3.28. The van der Waals surface area contributed by atoms with Crippen molar-refractivity contribution in [2.45, 2.75) is 25.8 Å². The second kappa shape index (κ2) is 6.62. The fraction of sp³-hybridized carbons (Fsp3) is 0.375. The zero-order chi connectivity index (χ0) is 16.2. The monoisotopic (exact) mass is 303 g/mol. The van der Waals surface area contributed by atoms with Crippen molar-refractivity contribution < 1.29 is 14.6 Å². The third-order valence-corrected chi connectivity index (χ3v) is 3.75. The van der Waals surface area contributed by atoms with E-state index in [1.165, 1.54) is 0 Å². The number of benzene rings is 1. The van der Waals surface area contributed by atoms with Gasteiger partial charge in [-0.3, -0.25) is 9.89 Å². The zero-order valence-corrected chi connectivity index (χ0v) is 13.0. The molecule has 0 saturated carbocycles. The molecule has 1 aromatic carbocycles. The predicted octanol–water partition coefficient (Wildman–Crippen LogP) is 1.98. The SMILES string of the molecule is CCC(C)(CO)NC(=O)c1cc(-c2ccccc2OC)n[nH]1. The molecule has 1 atom stereocenters. The summed E-state index contributed by atoms with van der Waals surface area (Å²) in [6, 6.07) is 9.13. The van der Waals surface area contributed by atoms with Gasteiger partial charge in [0.2, 0.25) is 0 Å². The number of aromatic nitrogens is 2. The molecule has 1 unspecified atom stereocenters. The number of hydrogen-bond donors (Lipinski definition) is 3. The number of H-pyrrole nitrogens is 1. The number of methoxy groups -OCH3 is 1. The zero-order valence-electron chi connectivity index (χ0n) is 13.0. The van der Waals surface area contributed by atoms with Crippen LogP contribution < -0.4 is 10.1 Å². The van der Waals surface area contributed by atoms with Crippen LogP contribution in [0, 0.1) is 0 Å². The minimum atomic E-state index is -0.646. The van der Waals surface area contributed by atoms with Crippen molar-refractivity contribution in [3.63, 3.8) is 0 Å². The van der Waals surface area contributed by atoms with Crippen molar-refractivity contribution in [2.75, 3.05) is 13.7 Å². The van der Waals surface area contributed by atoms with E-state index in [-0.39, 0.29) is 12.5 Å². The Balaban J connectivity index is 2.23. The molecule has 0 radical (unpaired) electrons. The number of nitrogens with zero attached hydrogens (tertiary/aromatic N) is 1. The molecule has 2 aromatic rings. The van der Waals surface area contributed by atoms with Gasteiger partial charge < -0.3 is 15.2 Å². The van der Waals surface area contributed by atoms with Crippen LogP contribution in [0.3, 0.4) is 0 Å². The molecule has 0 fully saturated rings. The Bertz CT molecular complexity index is 648. The summed E-state index contributed by atoms with van der Waals surface area (Å²) in [5.41, 5.74) is 1.13. The molecule has 1 amide bonds. The Labute approximate surface area is 129 Å². The van der Waals surface area contributed by atoms with E-state index in [4.69, 9.17) is 4.74 Å². The highest BCUT2D eigenvalue weighted by atomic mass is 16.5. The Morgan fingerprint density at radius 2 is 2.18 bits per heavy atom. The number of ether oxygens (including phenoxy) is 1. The molecule has 0 bridgehead atoms. The van der Waals surface area contributed by atoms with Crippen molar-refractivity contribution in [1.29, 1.82) is 0 Å². The Morgan fingerprint density at radius 3 is 2.82 bits per heavy atom. The average Bonchev–Trinajstić information content (AvgIpc) is 3.04. The minimum absolute atomic E-state index is 0.122. The highest BCUT2D eigenvalue weighted by Gasteiger charge is 2.25. The molecule has 6 nitrogen and oxygen atoms in total. The Morgan fingerprint density at radius 1 is 1.45 bits per heavy atom. The number of nitrogens with one attached hydrogen (secondary N) is 2. The van der Waals surface area contributed by atoms with Crippen LogP contribution >= 0.6 is 0 Å². The Hall–Kier alpha value is -2.34. The van der Waals surface area contributed by atoms with Gasteiger partial charge in [-0.1, -0.05) is 19.1 Å². The largest absolute Gasteiger partial charge is 0.496 e. The average molecular weight is 303 g/mol. The molecule has 6 heteroatoms. The van der Waals surface area contributed by atoms with Crippen LogP contribution in [0.2, 0.25) is 0 Å². The van der Waals surface area contributed by atoms with Crippen LogP contribution in [-0.4, -0.2) is 40.5 Å². The molecule has 3 N–H and O–H groups in total. The maximum absolute atomic E-state index is 12.3. The molecule has 2 rings (SSSR count). The first-order chi connectivity index (χ1) is 10.5. The van der Waals surface area contributed by atoms with E-state index in [0.717, 1.165) is 5.56 Å². The van der Waals surface area contributed by atoms with Gasteiger partial charge >= 0.3 is 0 Å². The van der Waals surface area contributed by atoms with Crippen molar-refractivity contribution in [1.82, 2.24) is 15.5 Å². The number of carbonyl (C=O) groups is 1. The van der Waals surface area contributed by atoms with Gasteiger partial charge in [-0.15, -0.1) is 0 Å². The van der Waals surface area contributed by atoms with Crippen molar-refractivity contribution in [3.8, 4) is 17.0 Å². The second-order valence-electron chi connectivity index (χ2n) is 5.39. The van der Waals surface area contributed by atoms with Gasteiger partial charge in [0.25, 0.3) is 5.91 Å². The molecule has 0 spiro atoms. The van der Waals surface area contributed by atoms with E-state index in [1.54, 1.807) is 20.1 Å². The van der Waals surface area contributed by atoms with Gasteiger partial charge in [0.1, 0.15) is 11.4 Å². The van der Waals surface area contributed by atoms with E-state index in [2.05, 4.69) is 15.5 Å². The highest BCUT2D eigenvalue weighted by Crippen LogP contribution is 2.28. The van der Waals surface area contributed by atoms with Gasteiger partial charge in [0.15, 0.2) is 0 Å². The predicted molar refractivity (Wildman–Crippen MR) is 83.8 cm³/mol. The fourth-order valence-corrected chi connectivity index (χ4v) is 2.01. The van der Waals surface area contributed by atoms with Crippen molar-refractivity contribution in [3.05, 3.63) is 36.0 Å². The van der Waals surface area contributed by atoms with Gasteiger partial charge in [-0.2, -0.15) is 5.10 Å². The number of hydrogen-bond acceptors (Lipinski definition) is 4. The smallest absolute Gasteiger partial charge is 0.269 e. The van der Waals surface area contributed by atoms with E-state index in [1.807, 2.05) is 31.2 Å². The lowest BCUT2D eigenvalue weighted by atomic mass is 10.00. The van der Waals surface area contributed by atoms with Crippen molar-refractivity contribution >= 4 is 5.91 Å². The standard InChI is InChI=1S/C16H21N3O3/c1-4-16(2,10-20)17-15(21)13-9-12(18-19-13)11-7-5-6-8-14(11)22-3/h5-9,20H,4,10H2,1-3H3,(H,17,21)(H,18,19). The summed E-state index contributed by atoms with van der Waals surface area (Å²) in [5, 5.41) is 19.1. The molecule has 1 heterocycles. The number of aliphatic hydroxyl groups is 1. The molecule has 0 aliphatic heterocycles. The van der Waals surface area contributed by atoms with E-state index < -0.39 is 5.54 Å². The normalized spacial score (nSPS) is 13.5. The van der Waals surface area contributed by atoms with Crippen LogP contribution in [0.15, 0.2) is 30.3 Å². The lowest BCUT2D eigenvalue weighted by Gasteiger charge is -2.26. The first kappa shape index (κ1) is 16.0. The fourth-order valence-electron chi connectivity index (χ4n) is 2.01. The highest BCUT2D eigenvalue weighted by molar-refractivity contribution is 5.94. The summed E-state index contributed by atoms with van der Waals surface area (Å²) in [6.45, 7) is 3.58. The van der Waals surface area contributed by atoms with E-state index in [0.29, 0.717) is 23.6 Å². The first-order valence-corrected chi connectivity index (χ1v) is 7.15. The number of aliphatic hydroxyl groups excluding tert-OH is 1. The summed E-state index contributed by atoms with van der Waals surface area (Å²) in [4.78, 5) is 12.3. The van der Waals surface area contributed by atoms with Crippen LogP contribution in [0.5, 0.6) is 5.75 Å². The second-order valence-corrected chi connectivity index (χ2v) is 5.39. The molecule has 22 heavy (non-hydrogen) atoms. The topological polar surface area (TPSA) is 87.2 Å². The lowest BCUT2D eigenvalue weighted by molar-refractivity contribution is 0.0842. The quantitative estimate of drug-likeness (QED) is 0.761. The van der Waals surface area contributed by atoms with Gasteiger partial charge in [-0.25, -0.2) is 0 Å². The summed E-state index contributed by atoms with van der Waals surface area (Å²) < 4.78 is 5.30. The summed E-state index contributed by atoms with van der Waals surface area (Å²) in [5.74, 6) is 0.391. The van der Waals surface area contributed by atoms with Gasteiger partial charge in [-0.05, 0) is 31.5 Å². The maximum Gasteiger partial charge on any atom is 0.269 e. The van der Waals surface area contributed by atoms with Crippen molar-refractivity contribution in [2.24, 2.45) is 0 Å². The Kier molecular flexibility index (Phi) is 4.82. The van der Waals surface area contributed by atoms with Crippen LogP contribution in [0.1, 0.15) is 30.8 Å². The van der Waals surface area contributed by atoms with Gasteiger partial charge in [0, 0.05) is 5.56 Å². The van der Waals surface area contributed by atoms with E-state index in [9.17, 15) is 9.90 Å². The van der Waals surface area contributed by atoms with Gasteiger partial charge in [0.05, 0.1) is 24.9 Å². The molecule has 0 saturated heterocycles. The lowest BCUT2D eigenvalue weighted by Crippen LogP contribution is -2.48. The van der Waals surface area contributed by atoms with Crippen LogP contribution in [0.25, 0.3) is 11.3 Å². The number of para-hydroxylation sites is 1. The summed E-state index contributed by atoms with van der Waals surface area (Å²) in [7, 11) is 1.59. The number of carbonyl (C=O) groups excluding carboxylic acids is 1. The summed E-state index contributed by atoms with van der Waals surface area (Å²) >= 11 is 0. The molecule has 118 valence electrons. The molecule has 1 aromatic heterocycles. The summed E-state index contributed by atoms with van der Waals surface area (Å²) in [6.07, 6.45) is 0.628. The van der Waals surface area contributed by atoms with Crippen LogP contribution in [0.4, 0.5) is 0 Å². The number of rotatable bonds is 6. The first-order valence-electron chi connectivity index (χ1n) is 7.15. The van der Waals surface area contributed by atoms with Crippen LogP contribution in [-0.2, 0) is 0 Å². The molecular weight excluding hydrogens is 282 g/mol. The molecule has 0 aliphatic carbocycles. The maximum atomic E-state index is 12.3. The number of aromatic amines is 1. The minimum Gasteiger partial charge on any atom is -0.496 e. The number of amides is 1. The molecule has 0 aliphatic rings. The van der Waals surface area contributed by atoms with E-state index >= 15 is 0 Å².